The molecule has 2 heterocycles. The van der Waals surface area contributed by atoms with Crippen LogP contribution in [0.5, 0.6) is 0 Å². The van der Waals surface area contributed by atoms with Crippen molar-refractivity contribution in [1.29, 1.82) is 0 Å². The summed E-state index contributed by atoms with van der Waals surface area (Å²) in [6.45, 7) is 1.89. The molecule has 3 aromatic carbocycles. The minimum absolute atomic E-state index is 0.0391. The van der Waals surface area contributed by atoms with Crippen molar-refractivity contribution < 1.29 is 22.4 Å². The Bertz CT molecular complexity index is 1410. The number of benzene rings is 3. The van der Waals surface area contributed by atoms with Gasteiger partial charge in [0, 0.05) is 44.0 Å². The van der Waals surface area contributed by atoms with E-state index >= 15 is 0 Å². The van der Waals surface area contributed by atoms with E-state index in [0.29, 0.717) is 50.3 Å². The normalized spacial score (nSPS) is 16.6. The van der Waals surface area contributed by atoms with Crippen LogP contribution in [0, 0.1) is 5.82 Å². The predicted octanol–water partition coefficient (Wildman–Crippen LogP) is 3.08. The molecule has 3 aromatic rings. The largest absolute Gasteiger partial charge is 0.368 e. The molecule has 0 bridgehead atoms. The molecule has 2 N–H and O–H groups in total. The topological polar surface area (TPSA) is 98.8 Å². The molecular formula is C27H27FN4O4S. The molecule has 1 saturated heterocycles. The van der Waals surface area contributed by atoms with Crippen LogP contribution in [0.4, 0.5) is 15.8 Å². The van der Waals surface area contributed by atoms with Gasteiger partial charge in [0.05, 0.1) is 4.90 Å². The van der Waals surface area contributed by atoms with Crippen molar-refractivity contribution in [2.75, 3.05) is 36.4 Å². The van der Waals surface area contributed by atoms with Crippen LogP contribution in [0.3, 0.4) is 0 Å². The Labute approximate surface area is 215 Å². The summed E-state index contributed by atoms with van der Waals surface area (Å²) in [6.07, 6.45) is 0.739. The molecule has 0 aliphatic carbocycles. The Kier molecular flexibility index (Phi) is 6.94. The fraction of sp³-hybridized carbons (Fsp3) is 0.259. The second kappa shape index (κ2) is 10.3. The molecule has 0 radical (unpaired) electrons. The van der Waals surface area contributed by atoms with Crippen LogP contribution in [0.2, 0.25) is 0 Å². The minimum Gasteiger partial charge on any atom is -0.368 e. The van der Waals surface area contributed by atoms with E-state index in [9.17, 15) is 22.4 Å². The van der Waals surface area contributed by atoms with Crippen molar-refractivity contribution in [3.63, 3.8) is 0 Å². The van der Waals surface area contributed by atoms with Crippen LogP contribution >= 0.6 is 0 Å². The van der Waals surface area contributed by atoms with Crippen molar-refractivity contribution in [3.05, 3.63) is 89.7 Å². The Balaban J connectivity index is 1.35. The van der Waals surface area contributed by atoms with Crippen LogP contribution in [0.1, 0.15) is 23.6 Å². The average molecular weight is 523 g/mol. The van der Waals surface area contributed by atoms with Gasteiger partial charge in [0.1, 0.15) is 11.9 Å². The zero-order chi connectivity index (χ0) is 26.0. The fourth-order valence-electron chi connectivity index (χ4n) is 4.68. The van der Waals surface area contributed by atoms with Gasteiger partial charge in [-0.25, -0.2) is 12.8 Å². The van der Waals surface area contributed by atoms with E-state index in [1.165, 1.54) is 18.2 Å². The van der Waals surface area contributed by atoms with E-state index in [2.05, 4.69) is 14.9 Å². The first-order valence-corrected chi connectivity index (χ1v) is 13.6. The van der Waals surface area contributed by atoms with Crippen LogP contribution in [0.15, 0.2) is 77.7 Å². The number of sulfonamides is 1. The van der Waals surface area contributed by atoms with Crippen molar-refractivity contribution >= 4 is 33.2 Å². The molecule has 2 aliphatic heterocycles. The maximum Gasteiger partial charge on any atom is 0.245 e. The van der Waals surface area contributed by atoms with E-state index in [1.54, 1.807) is 59.5 Å². The summed E-state index contributed by atoms with van der Waals surface area (Å²) < 4.78 is 42.7. The average Bonchev–Trinajstić information content (AvgIpc) is 2.92. The number of fused-ring (bicyclic) bond motifs is 1. The van der Waals surface area contributed by atoms with Crippen molar-refractivity contribution in [3.8, 4) is 0 Å². The number of hydrogen-bond donors (Lipinski definition) is 2. The predicted molar refractivity (Wildman–Crippen MR) is 138 cm³/mol. The summed E-state index contributed by atoms with van der Waals surface area (Å²) in [5.41, 5.74) is 2.76. The van der Waals surface area contributed by atoms with Crippen molar-refractivity contribution in [2.45, 2.75) is 23.8 Å². The Hall–Kier alpha value is -3.76. The van der Waals surface area contributed by atoms with Crippen LogP contribution < -0.4 is 14.9 Å². The lowest BCUT2D eigenvalue weighted by atomic mass is 10.0. The number of nitrogens with one attached hydrogen (secondary N) is 2. The number of piperazine rings is 1. The minimum atomic E-state index is -4.05. The molecule has 8 nitrogen and oxygen atoms in total. The van der Waals surface area contributed by atoms with Crippen molar-refractivity contribution in [1.82, 2.24) is 9.62 Å². The van der Waals surface area contributed by atoms with E-state index < -0.39 is 16.1 Å². The van der Waals surface area contributed by atoms with Gasteiger partial charge in [-0.3, -0.25) is 9.59 Å². The second-order valence-electron chi connectivity index (χ2n) is 9.12. The first kappa shape index (κ1) is 24.9. The zero-order valence-electron chi connectivity index (χ0n) is 20.1. The summed E-state index contributed by atoms with van der Waals surface area (Å²) >= 11 is 0. The van der Waals surface area contributed by atoms with E-state index in [4.69, 9.17) is 0 Å². The molecular weight excluding hydrogens is 495 g/mol. The lowest BCUT2D eigenvalue weighted by Gasteiger charge is -2.37. The lowest BCUT2D eigenvalue weighted by molar-refractivity contribution is -0.133. The number of hydrogen-bond acceptors (Lipinski definition) is 5. The quantitative estimate of drug-likeness (QED) is 0.519. The summed E-state index contributed by atoms with van der Waals surface area (Å²) in [6, 6.07) is 18.5. The number of carbonyl (C=O) groups is 2. The SMILES string of the molecule is O=C1CCc2cc(S(=O)(=O)NC(C(=O)N3CCN(c4ccc(F)cc4)CC3)c3ccccc3)ccc2N1. The van der Waals surface area contributed by atoms with Gasteiger partial charge in [-0.2, -0.15) is 4.72 Å². The summed E-state index contributed by atoms with van der Waals surface area (Å²) in [5, 5.41) is 2.75. The Morgan fingerprint density at radius 2 is 1.62 bits per heavy atom. The maximum atomic E-state index is 13.6. The van der Waals surface area contributed by atoms with Crippen LogP contribution in [0.25, 0.3) is 0 Å². The molecule has 1 fully saturated rings. The smallest absolute Gasteiger partial charge is 0.245 e. The van der Waals surface area contributed by atoms with Crippen LogP contribution in [-0.2, 0) is 26.0 Å². The van der Waals surface area contributed by atoms with E-state index in [-0.39, 0.29) is 22.5 Å². The first-order chi connectivity index (χ1) is 17.8. The number of halogens is 1. The molecule has 0 saturated carbocycles. The molecule has 2 aliphatic rings. The number of carbonyl (C=O) groups excluding carboxylic acids is 2. The Morgan fingerprint density at radius 1 is 0.919 bits per heavy atom. The third kappa shape index (κ3) is 5.50. The number of anilines is 2. The molecule has 5 rings (SSSR count). The lowest BCUT2D eigenvalue weighted by Crippen LogP contribution is -2.52. The monoisotopic (exact) mass is 522 g/mol. The molecule has 1 unspecified atom stereocenters. The third-order valence-corrected chi connectivity index (χ3v) is 8.14. The third-order valence-electron chi connectivity index (χ3n) is 6.72. The van der Waals surface area contributed by atoms with Gasteiger partial charge < -0.3 is 15.1 Å². The number of amides is 2. The van der Waals surface area contributed by atoms with Crippen LogP contribution in [-0.4, -0.2) is 51.3 Å². The molecule has 1 atom stereocenters. The van der Waals surface area contributed by atoms with Gasteiger partial charge in [0.25, 0.3) is 0 Å². The standard InChI is InChI=1S/C27H27FN4O4S/c28-21-7-9-22(10-8-21)31-14-16-32(17-15-31)27(34)26(19-4-2-1-3-5-19)30-37(35,36)23-11-12-24-20(18-23)6-13-25(33)29-24/h1-5,7-12,18,26,30H,6,13-17H2,(H,29,33). The van der Waals surface area contributed by atoms with Gasteiger partial charge in [0.2, 0.25) is 21.8 Å². The van der Waals surface area contributed by atoms with Gasteiger partial charge in [-0.05, 0) is 60.0 Å². The summed E-state index contributed by atoms with van der Waals surface area (Å²) in [7, 11) is -4.05. The number of rotatable bonds is 6. The summed E-state index contributed by atoms with van der Waals surface area (Å²) in [5.74, 6) is -0.742. The maximum absolute atomic E-state index is 13.6. The van der Waals surface area contributed by atoms with Gasteiger partial charge >= 0.3 is 0 Å². The molecule has 0 spiro atoms. The molecule has 192 valence electrons. The zero-order valence-corrected chi connectivity index (χ0v) is 20.9. The molecule has 10 heteroatoms. The number of nitrogens with zero attached hydrogens (tertiary/aromatic N) is 2. The highest BCUT2D eigenvalue weighted by Crippen LogP contribution is 2.27. The van der Waals surface area contributed by atoms with Crippen molar-refractivity contribution in [2.24, 2.45) is 0 Å². The molecule has 2 amide bonds. The van der Waals surface area contributed by atoms with Gasteiger partial charge in [-0.15, -0.1) is 0 Å². The second-order valence-corrected chi connectivity index (χ2v) is 10.8. The van der Waals surface area contributed by atoms with Gasteiger partial charge in [0.15, 0.2) is 0 Å². The summed E-state index contributed by atoms with van der Waals surface area (Å²) in [4.78, 5) is 29.1. The fourth-order valence-corrected chi connectivity index (χ4v) is 5.90. The number of aryl methyl sites for hydroxylation is 1. The highest BCUT2D eigenvalue weighted by Gasteiger charge is 2.33. The molecule has 0 aromatic heterocycles. The Morgan fingerprint density at radius 3 is 2.32 bits per heavy atom. The van der Waals surface area contributed by atoms with Gasteiger partial charge in [-0.1, -0.05) is 30.3 Å². The highest BCUT2D eigenvalue weighted by atomic mass is 32.2. The van der Waals surface area contributed by atoms with E-state index in [1.807, 2.05) is 0 Å². The highest BCUT2D eigenvalue weighted by molar-refractivity contribution is 7.89. The first-order valence-electron chi connectivity index (χ1n) is 12.1. The molecule has 37 heavy (non-hydrogen) atoms. The van der Waals surface area contributed by atoms with E-state index in [0.717, 1.165) is 11.3 Å².